The van der Waals surface area contributed by atoms with Crippen molar-refractivity contribution in [3.8, 4) is 5.88 Å². The highest BCUT2D eigenvalue weighted by Crippen LogP contribution is 2.22. The Labute approximate surface area is 124 Å². The van der Waals surface area contributed by atoms with Crippen LogP contribution in [0.4, 0.5) is 0 Å². The largest absolute Gasteiger partial charge is 0.477 e. The van der Waals surface area contributed by atoms with Gasteiger partial charge in [0.15, 0.2) is 5.84 Å². The molecule has 2 aromatic rings. The van der Waals surface area contributed by atoms with Gasteiger partial charge in [0.1, 0.15) is 0 Å². The van der Waals surface area contributed by atoms with Crippen molar-refractivity contribution >= 4 is 16.7 Å². The van der Waals surface area contributed by atoms with Gasteiger partial charge in [0.05, 0.1) is 17.7 Å². The summed E-state index contributed by atoms with van der Waals surface area (Å²) in [5, 5.41) is 12.9. The van der Waals surface area contributed by atoms with Crippen LogP contribution < -0.4 is 10.5 Å². The summed E-state index contributed by atoms with van der Waals surface area (Å²) in [7, 11) is 0. The van der Waals surface area contributed by atoms with Crippen LogP contribution in [-0.2, 0) is 0 Å². The number of oxime groups is 1. The first-order valence-electron chi connectivity index (χ1n) is 7.12. The lowest BCUT2D eigenvalue weighted by Gasteiger charge is -2.11. The third-order valence-electron chi connectivity index (χ3n) is 3.24. The topological polar surface area (TPSA) is 80.7 Å². The van der Waals surface area contributed by atoms with Crippen LogP contribution in [0.25, 0.3) is 10.9 Å². The average Bonchev–Trinajstić information content (AvgIpc) is 2.49. The Bertz CT molecular complexity index is 638. The number of pyridine rings is 1. The van der Waals surface area contributed by atoms with Crippen LogP contribution in [0.3, 0.4) is 0 Å². The minimum Gasteiger partial charge on any atom is -0.477 e. The van der Waals surface area contributed by atoms with Gasteiger partial charge in [-0.05, 0) is 30.9 Å². The van der Waals surface area contributed by atoms with Crippen LogP contribution in [0, 0.1) is 5.92 Å². The third-order valence-corrected chi connectivity index (χ3v) is 3.24. The maximum atomic E-state index is 8.91. The molecule has 1 aromatic heterocycles. The van der Waals surface area contributed by atoms with E-state index >= 15 is 0 Å². The van der Waals surface area contributed by atoms with Crippen molar-refractivity contribution in [3.05, 3.63) is 35.9 Å². The highest BCUT2D eigenvalue weighted by Gasteiger charge is 2.12. The molecule has 0 amide bonds. The summed E-state index contributed by atoms with van der Waals surface area (Å²) in [6.45, 7) is 4.92. The van der Waals surface area contributed by atoms with Crippen LogP contribution in [0.1, 0.15) is 32.3 Å². The summed E-state index contributed by atoms with van der Waals surface area (Å²) in [5.41, 5.74) is 7.06. The second-order valence-electron chi connectivity index (χ2n) is 5.40. The molecule has 0 aliphatic heterocycles. The van der Waals surface area contributed by atoms with Crippen molar-refractivity contribution in [1.82, 2.24) is 4.98 Å². The number of nitrogens with zero attached hydrogens (tertiary/aromatic N) is 2. The van der Waals surface area contributed by atoms with Crippen molar-refractivity contribution in [1.29, 1.82) is 0 Å². The number of ether oxygens (including phenoxy) is 1. The molecule has 0 aliphatic carbocycles. The van der Waals surface area contributed by atoms with Crippen LogP contribution in [0.5, 0.6) is 5.88 Å². The van der Waals surface area contributed by atoms with E-state index in [1.165, 1.54) is 0 Å². The molecule has 0 saturated carbocycles. The van der Waals surface area contributed by atoms with Gasteiger partial charge >= 0.3 is 0 Å². The molecule has 0 saturated heterocycles. The number of amidine groups is 1. The molecule has 0 aliphatic rings. The quantitative estimate of drug-likeness (QED) is 0.281. The summed E-state index contributed by atoms with van der Waals surface area (Å²) < 4.78 is 5.74. The minimum atomic E-state index is 0.00659. The third kappa shape index (κ3) is 3.84. The number of fused-ring (bicyclic) bond motifs is 1. The molecule has 0 fully saturated rings. The van der Waals surface area contributed by atoms with Crippen LogP contribution in [-0.4, -0.2) is 22.6 Å². The maximum absolute atomic E-state index is 8.91. The van der Waals surface area contributed by atoms with Crippen LogP contribution in [0.2, 0.25) is 0 Å². The van der Waals surface area contributed by atoms with Crippen molar-refractivity contribution in [2.24, 2.45) is 16.8 Å². The molecule has 0 radical (unpaired) electrons. The molecule has 5 nitrogen and oxygen atoms in total. The zero-order valence-electron chi connectivity index (χ0n) is 12.4. The Balaban J connectivity index is 2.26. The first-order chi connectivity index (χ1) is 10.1. The van der Waals surface area contributed by atoms with E-state index < -0.39 is 0 Å². The first-order valence-corrected chi connectivity index (χ1v) is 7.12. The van der Waals surface area contributed by atoms with E-state index in [0.29, 0.717) is 24.0 Å². The molecule has 3 N–H and O–H groups in total. The highest BCUT2D eigenvalue weighted by atomic mass is 16.5. The smallest absolute Gasteiger partial charge is 0.225 e. The average molecular weight is 287 g/mol. The van der Waals surface area contributed by atoms with Gasteiger partial charge in [-0.25, -0.2) is 4.98 Å². The summed E-state index contributed by atoms with van der Waals surface area (Å²) in [6, 6.07) is 9.50. The number of benzene rings is 1. The Morgan fingerprint density at radius 3 is 2.86 bits per heavy atom. The van der Waals surface area contributed by atoms with Crippen LogP contribution in [0.15, 0.2) is 35.5 Å². The van der Waals surface area contributed by atoms with E-state index in [2.05, 4.69) is 24.0 Å². The number of hydrogen-bond donors (Lipinski definition) is 2. The second-order valence-corrected chi connectivity index (χ2v) is 5.40. The number of aromatic nitrogens is 1. The predicted octanol–water partition coefficient (Wildman–Crippen LogP) is 3.14. The van der Waals surface area contributed by atoms with E-state index in [4.69, 9.17) is 15.7 Å². The zero-order chi connectivity index (χ0) is 15.2. The molecular weight excluding hydrogens is 266 g/mol. The lowest BCUT2D eigenvalue weighted by molar-refractivity contribution is 0.286. The number of nitrogens with two attached hydrogens (primary N) is 1. The lowest BCUT2D eigenvalue weighted by atomic mass is 10.1. The minimum absolute atomic E-state index is 0.00659. The van der Waals surface area contributed by atoms with Gasteiger partial charge in [0.2, 0.25) is 5.88 Å². The Morgan fingerprint density at radius 2 is 2.14 bits per heavy atom. The molecule has 0 atom stereocenters. The number of para-hydroxylation sites is 1. The van der Waals surface area contributed by atoms with Gasteiger partial charge < -0.3 is 15.7 Å². The molecular formula is C16H21N3O2. The molecule has 112 valence electrons. The van der Waals surface area contributed by atoms with E-state index in [1.807, 2.05) is 30.3 Å². The molecule has 5 heteroatoms. The second kappa shape index (κ2) is 6.92. The molecule has 0 spiro atoms. The SMILES string of the molecule is CC(C)CCCOc1nc2ccccc2cc1C(N)=NO. The normalized spacial score (nSPS) is 12.0. The number of hydrogen-bond acceptors (Lipinski definition) is 4. The highest BCUT2D eigenvalue weighted by molar-refractivity contribution is 6.02. The van der Waals surface area contributed by atoms with E-state index in [9.17, 15) is 0 Å². The summed E-state index contributed by atoms with van der Waals surface area (Å²) >= 11 is 0. The van der Waals surface area contributed by atoms with Gasteiger partial charge in [-0.15, -0.1) is 0 Å². The first kappa shape index (κ1) is 15.1. The molecule has 0 unspecified atom stereocenters. The summed E-state index contributed by atoms with van der Waals surface area (Å²) in [6.07, 6.45) is 2.04. The maximum Gasteiger partial charge on any atom is 0.225 e. The zero-order valence-corrected chi connectivity index (χ0v) is 12.4. The van der Waals surface area contributed by atoms with Gasteiger partial charge in [0, 0.05) is 5.39 Å². The Morgan fingerprint density at radius 1 is 1.38 bits per heavy atom. The van der Waals surface area contributed by atoms with Crippen molar-refractivity contribution in [3.63, 3.8) is 0 Å². The van der Waals surface area contributed by atoms with Gasteiger partial charge in [-0.2, -0.15) is 0 Å². The van der Waals surface area contributed by atoms with Gasteiger partial charge in [-0.1, -0.05) is 37.2 Å². The molecule has 2 rings (SSSR count). The van der Waals surface area contributed by atoms with Crippen molar-refractivity contribution in [2.75, 3.05) is 6.61 Å². The van der Waals surface area contributed by atoms with Gasteiger partial charge in [0.25, 0.3) is 0 Å². The Kier molecular flexibility index (Phi) is 4.98. The lowest BCUT2D eigenvalue weighted by Crippen LogP contribution is -2.16. The standard InChI is InChI=1S/C16H21N3O2/c1-11(2)6-5-9-21-16-13(15(17)19-20)10-12-7-3-4-8-14(12)18-16/h3-4,7-8,10-11,20H,5-6,9H2,1-2H3,(H2,17,19). The monoisotopic (exact) mass is 287 g/mol. The summed E-state index contributed by atoms with van der Waals surface area (Å²) in [5.74, 6) is 1.06. The molecule has 0 bridgehead atoms. The fourth-order valence-electron chi connectivity index (χ4n) is 2.11. The van der Waals surface area contributed by atoms with Crippen LogP contribution >= 0.6 is 0 Å². The summed E-state index contributed by atoms with van der Waals surface area (Å²) in [4.78, 5) is 4.47. The molecule has 21 heavy (non-hydrogen) atoms. The number of rotatable bonds is 6. The molecule has 1 aromatic carbocycles. The van der Waals surface area contributed by atoms with Crippen molar-refractivity contribution < 1.29 is 9.94 Å². The van der Waals surface area contributed by atoms with Crippen molar-refractivity contribution in [2.45, 2.75) is 26.7 Å². The fourth-order valence-corrected chi connectivity index (χ4v) is 2.11. The van der Waals surface area contributed by atoms with Gasteiger partial charge in [-0.3, -0.25) is 0 Å². The molecule has 1 heterocycles. The Hall–Kier alpha value is -2.30. The van der Waals surface area contributed by atoms with E-state index in [0.717, 1.165) is 23.7 Å². The predicted molar refractivity (Wildman–Crippen MR) is 83.8 cm³/mol. The van der Waals surface area contributed by atoms with E-state index in [1.54, 1.807) is 0 Å². The van der Waals surface area contributed by atoms with E-state index in [-0.39, 0.29) is 5.84 Å². The fraction of sp³-hybridized carbons (Fsp3) is 0.375.